The van der Waals surface area contributed by atoms with Crippen LogP contribution in [-0.4, -0.2) is 24.7 Å². The summed E-state index contributed by atoms with van der Waals surface area (Å²) in [4.78, 5) is 25.2. The number of nitrogens with one attached hydrogen (secondary N) is 1. The monoisotopic (exact) mass is 260 g/mol. The van der Waals surface area contributed by atoms with Crippen LogP contribution in [0.2, 0.25) is 0 Å². The molecule has 4 nitrogen and oxygen atoms in total. The van der Waals surface area contributed by atoms with Crippen LogP contribution in [0.3, 0.4) is 0 Å². The molecule has 0 unspecified atom stereocenters. The molecule has 0 radical (unpaired) electrons. The maximum Gasteiger partial charge on any atom is 0.290 e. The number of fused-ring (bicyclic) bond motifs is 1. The molecular weight excluding hydrogens is 248 g/mol. The van der Waals surface area contributed by atoms with Gasteiger partial charge < -0.3 is 4.90 Å². The van der Waals surface area contributed by atoms with E-state index in [-0.39, 0.29) is 11.1 Å². The highest BCUT2D eigenvalue weighted by molar-refractivity contribution is 8.18. The van der Waals surface area contributed by atoms with E-state index in [0.29, 0.717) is 4.91 Å². The quantitative estimate of drug-likeness (QED) is 0.785. The van der Waals surface area contributed by atoms with E-state index in [2.05, 4.69) is 29.4 Å². The van der Waals surface area contributed by atoms with E-state index in [0.717, 1.165) is 30.3 Å². The van der Waals surface area contributed by atoms with Gasteiger partial charge in [-0.05, 0) is 47.5 Å². The molecule has 92 valence electrons. The molecule has 0 spiro atoms. The number of amides is 2. The molecule has 0 atom stereocenters. The second kappa shape index (κ2) is 4.17. The van der Waals surface area contributed by atoms with E-state index in [9.17, 15) is 9.59 Å². The molecule has 2 aliphatic heterocycles. The summed E-state index contributed by atoms with van der Waals surface area (Å²) in [7, 11) is 2.07. The van der Waals surface area contributed by atoms with Gasteiger partial charge in [0.2, 0.25) is 0 Å². The molecule has 2 amide bonds. The third-order valence-electron chi connectivity index (χ3n) is 3.17. The number of anilines is 1. The topological polar surface area (TPSA) is 49.4 Å². The first-order chi connectivity index (χ1) is 8.63. The van der Waals surface area contributed by atoms with Crippen molar-refractivity contribution in [3.05, 3.63) is 34.2 Å². The van der Waals surface area contributed by atoms with Crippen molar-refractivity contribution in [2.75, 3.05) is 18.5 Å². The summed E-state index contributed by atoms with van der Waals surface area (Å²) in [5.41, 5.74) is 3.51. The minimum Gasteiger partial charge on any atom is -0.374 e. The highest BCUT2D eigenvalue weighted by Gasteiger charge is 2.25. The Hall–Kier alpha value is -1.75. The van der Waals surface area contributed by atoms with Crippen LogP contribution in [0, 0.1) is 0 Å². The summed E-state index contributed by atoms with van der Waals surface area (Å²) in [6.07, 6.45) is 2.80. The highest BCUT2D eigenvalue weighted by atomic mass is 32.2. The lowest BCUT2D eigenvalue weighted by Gasteiger charge is -2.11. The maximum absolute atomic E-state index is 11.4. The molecule has 3 rings (SSSR count). The Labute approximate surface area is 109 Å². The number of carbonyl (C=O) groups excluding carboxylic acids is 2. The first-order valence-electron chi connectivity index (χ1n) is 5.72. The van der Waals surface area contributed by atoms with Gasteiger partial charge in [0.1, 0.15) is 0 Å². The van der Waals surface area contributed by atoms with Gasteiger partial charge in [-0.25, -0.2) is 0 Å². The second-order valence-electron chi connectivity index (χ2n) is 4.41. The molecule has 2 aliphatic rings. The number of rotatable bonds is 1. The Morgan fingerprint density at radius 3 is 2.94 bits per heavy atom. The first-order valence-corrected chi connectivity index (χ1v) is 6.54. The Balaban J connectivity index is 1.93. The third-order valence-corrected chi connectivity index (χ3v) is 3.98. The van der Waals surface area contributed by atoms with E-state index in [1.165, 1.54) is 11.3 Å². The van der Waals surface area contributed by atoms with E-state index < -0.39 is 0 Å². The molecule has 1 fully saturated rings. The molecule has 1 saturated heterocycles. The Morgan fingerprint density at radius 1 is 1.39 bits per heavy atom. The smallest absolute Gasteiger partial charge is 0.290 e. The van der Waals surface area contributed by atoms with Gasteiger partial charge in [-0.3, -0.25) is 14.9 Å². The van der Waals surface area contributed by atoms with Crippen molar-refractivity contribution >= 4 is 34.7 Å². The number of nitrogens with zero attached hydrogens (tertiary/aromatic N) is 1. The lowest BCUT2D eigenvalue weighted by Crippen LogP contribution is -2.17. The largest absolute Gasteiger partial charge is 0.374 e. The van der Waals surface area contributed by atoms with Crippen LogP contribution >= 0.6 is 11.8 Å². The number of likely N-dealkylation sites (N-methyl/N-ethyl adjacent to an activating group) is 1. The van der Waals surface area contributed by atoms with Gasteiger partial charge in [-0.15, -0.1) is 0 Å². The van der Waals surface area contributed by atoms with Crippen LogP contribution in [0.4, 0.5) is 10.5 Å². The Kier molecular flexibility index (Phi) is 2.63. The molecule has 0 aromatic heterocycles. The standard InChI is InChI=1S/C13H12N2O2S/c1-15-5-4-9-6-8(2-3-10(9)15)7-11-12(16)14-13(17)18-11/h2-3,6-7H,4-5H2,1H3,(H,14,16,17)/b11-7-. The second-order valence-corrected chi connectivity index (χ2v) is 5.43. The van der Waals surface area contributed by atoms with Gasteiger partial charge in [0.15, 0.2) is 0 Å². The summed E-state index contributed by atoms with van der Waals surface area (Å²) in [5, 5.41) is 1.96. The first kappa shape index (κ1) is 11.3. The summed E-state index contributed by atoms with van der Waals surface area (Å²) < 4.78 is 0. The number of thioether (sulfide) groups is 1. The molecule has 1 aromatic carbocycles. The molecule has 0 saturated carbocycles. The van der Waals surface area contributed by atoms with Crippen LogP contribution in [0.15, 0.2) is 23.1 Å². The fraction of sp³-hybridized carbons (Fsp3) is 0.231. The lowest BCUT2D eigenvalue weighted by molar-refractivity contribution is -0.115. The van der Waals surface area contributed by atoms with Crippen molar-refractivity contribution in [3.8, 4) is 0 Å². The minimum absolute atomic E-state index is 0.299. The average Bonchev–Trinajstić information content (AvgIpc) is 2.84. The maximum atomic E-state index is 11.4. The number of imide groups is 1. The van der Waals surface area contributed by atoms with Crippen molar-refractivity contribution in [2.45, 2.75) is 6.42 Å². The molecule has 18 heavy (non-hydrogen) atoms. The zero-order chi connectivity index (χ0) is 12.7. The van der Waals surface area contributed by atoms with E-state index in [4.69, 9.17) is 0 Å². The molecule has 5 heteroatoms. The van der Waals surface area contributed by atoms with E-state index in [1.807, 2.05) is 6.07 Å². The van der Waals surface area contributed by atoms with Gasteiger partial charge in [-0.1, -0.05) is 6.07 Å². The van der Waals surface area contributed by atoms with Crippen molar-refractivity contribution in [1.82, 2.24) is 5.32 Å². The zero-order valence-electron chi connectivity index (χ0n) is 9.90. The molecule has 2 heterocycles. The lowest BCUT2D eigenvalue weighted by atomic mass is 10.1. The third kappa shape index (κ3) is 1.90. The van der Waals surface area contributed by atoms with Gasteiger partial charge in [-0.2, -0.15) is 0 Å². The van der Waals surface area contributed by atoms with Crippen molar-refractivity contribution in [3.63, 3.8) is 0 Å². The van der Waals surface area contributed by atoms with Gasteiger partial charge in [0.25, 0.3) is 11.1 Å². The number of carbonyl (C=O) groups is 2. The molecule has 1 N–H and O–H groups in total. The van der Waals surface area contributed by atoms with Gasteiger partial charge >= 0.3 is 0 Å². The van der Waals surface area contributed by atoms with Crippen LogP contribution in [0.5, 0.6) is 0 Å². The number of hydrogen-bond donors (Lipinski definition) is 1. The number of benzene rings is 1. The predicted molar refractivity (Wildman–Crippen MR) is 72.5 cm³/mol. The summed E-state index contributed by atoms with van der Waals surface area (Å²) >= 11 is 0.953. The molecule has 0 bridgehead atoms. The average molecular weight is 260 g/mol. The SMILES string of the molecule is CN1CCc2cc(/C=C3\SC(=O)NC3=O)ccc21. The Bertz CT molecular complexity index is 580. The van der Waals surface area contributed by atoms with Crippen LogP contribution < -0.4 is 10.2 Å². The molecule has 0 aliphatic carbocycles. The zero-order valence-corrected chi connectivity index (χ0v) is 10.7. The fourth-order valence-electron chi connectivity index (χ4n) is 2.25. The fourth-order valence-corrected chi connectivity index (χ4v) is 2.93. The van der Waals surface area contributed by atoms with Gasteiger partial charge in [0.05, 0.1) is 4.91 Å². The van der Waals surface area contributed by atoms with Crippen LogP contribution in [0.1, 0.15) is 11.1 Å². The summed E-state index contributed by atoms with van der Waals surface area (Å²) in [6.45, 7) is 1.03. The molecular formula is C13H12N2O2S. The minimum atomic E-state index is -0.303. The molecule has 1 aromatic rings. The van der Waals surface area contributed by atoms with Crippen molar-refractivity contribution in [1.29, 1.82) is 0 Å². The van der Waals surface area contributed by atoms with E-state index >= 15 is 0 Å². The summed E-state index contributed by atoms with van der Waals surface area (Å²) in [6, 6.07) is 6.13. The van der Waals surface area contributed by atoms with Crippen LogP contribution in [-0.2, 0) is 11.2 Å². The predicted octanol–water partition coefficient (Wildman–Crippen LogP) is 2.00. The normalized spacial score (nSPS) is 20.5. The Morgan fingerprint density at radius 2 is 2.22 bits per heavy atom. The van der Waals surface area contributed by atoms with E-state index in [1.54, 1.807) is 6.08 Å². The number of hydrogen-bond acceptors (Lipinski definition) is 4. The highest BCUT2D eigenvalue weighted by Crippen LogP contribution is 2.30. The van der Waals surface area contributed by atoms with Crippen LogP contribution in [0.25, 0.3) is 6.08 Å². The summed E-state index contributed by atoms with van der Waals surface area (Å²) in [5.74, 6) is -0.303. The van der Waals surface area contributed by atoms with Gasteiger partial charge in [0, 0.05) is 19.3 Å². The van der Waals surface area contributed by atoms with Crippen molar-refractivity contribution < 1.29 is 9.59 Å². The van der Waals surface area contributed by atoms with Crippen molar-refractivity contribution in [2.24, 2.45) is 0 Å².